The van der Waals surface area contributed by atoms with Gasteiger partial charge in [-0.05, 0) is 60.2 Å². The highest BCUT2D eigenvalue weighted by Gasteiger charge is 2.09. The average Bonchev–Trinajstić information content (AvgIpc) is 2.68. The van der Waals surface area contributed by atoms with Crippen LogP contribution >= 0.6 is 23.2 Å². The highest BCUT2D eigenvalue weighted by Crippen LogP contribution is 2.16. The van der Waals surface area contributed by atoms with Gasteiger partial charge in [0.1, 0.15) is 5.75 Å². The molecule has 0 fully saturated rings. The molecule has 0 aliphatic rings. The molecule has 0 radical (unpaired) electrons. The molecule has 7 heteroatoms. The van der Waals surface area contributed by atoms with Crippen LogP contribution in [0.1, 0.15) is 26.3 Å². The van der Waals surface area contributed by atoms with Crippen LogP contribution < -0.4 is 10.2 Å². The lowest BCUT2D eigenvalue weighted by Crippen LogP contribution is -2.17. The first-order valence-corrected chi connectivity index (χ1v) is 8.93. The lowest BCUT2D eigenvalue weighted by atomic mass is 10.2. The van der Waals surface area contributed by atoms with Gasteiger partial charge in [-0.2, -0.15) is 5.10 Å². The van der Waals surface area contributed by atoms with E-state index in [0.717, 1.165) is 0 Å². The summed E-state index contributed by atoms with van der Waals surface area (Å²) in [5, 5.41) is 4.91. The Bertz CT molecular complexity index is 1030. The molecule has 28 heavy (non-hydrogen) atoms. The quantitative estimate of drug-likeness (QED) is 0.278. The zero-order chi connectivity index (χ0) is 19.9. The molecule has 0 aliphatic heterocycles. The molecular formula is C21H14Cl2N2O3. The van der Waals surface area contributed by atoms with Crippen LogP contribution in [0, 0.1) is 0 Å². The third-order valence-corrected chi connectivity index (χ3v) is 4.10. The average molecular weight is 413 g/mol. The number of amides is 1. The van der Waals surface area contributed by atoms with E-state index in [1.54, 1.807) is 72.8 Å². The summed E-state index contributed by atoms with van der Waals surface area (Å²) in [6.45, 7) is 0. The minimum Gasteiger partial charge on any atom is -0.423 e. The first-order chi connectivity index (χ1) is 13.5. The Morgan fingerprint density at radius 2 is 1.61 bits per heavy atom. The van der Waals surface area contributed by atoms with E-state index in [0.29, 0.717) is 32.5 Å². The first-order valence-electron chi connectivity index (χ1n) is 8.18. The summed E-state index contributed by atoms with van der Waals surface area (Å²) < 4.78 is 5.35. The minimum atomic E-state index is -0.500. The van der Waals surface area contributed by atoms with Gasteiger partial charge in [-0.1, -0.05) is 41.4 Å². The number of carbonyl (C=O) groups excluding carboxylic acids is 2. The smallest absolute Gasteiger partial charge is 0.343 e. The van der Waals surface area contributed by atoms with Gasteiger partial charge in [0.2, 0.25) is 0 Å². The van der Waals surface area contributed by atoms with Crippen LogP contribution in [-0.2, 0) is 0 Å². The third-order valence-electron chi connectivity index (χ3n) is 3.62. The van der Waals surface area contributed by atoms with Crippen LogP contribution in [0.5, 0.6) is 5.75 Å². The highest BCUT2D eigenvalue weighted by atomic mass is 35.5. The molecule has 3 aromatic carbocycles. The van der Waals surface area contributed by atoms with E-state index in [-0.39, 0.29) is 5.91 Å². The van der Waals surface area contributed by atoms with Gasteiger partial charge >= 0.3 is 5.97 Å². The van der Waals surface area contributed by atoms with E-state index in [4.69, 9.17) is 27.9 Å². The Morgan fingerprint density at radius 3 is 2.36 bits per heavy atom. The van der Waals surface area contributed by atoms with Gasteiger partial charge in [0.15, 0.2) is 0 Å². The molecule has 0 saturated carbocycles. The van der Waals surface area contributed by atoms with E-state index in [1.165, 1.54) is 6.21 Å². The number of hydrogen-bond donors (Lipinski definition) is 1. The first kappa shape index (κ1) is 19.6. The van der Waals surface area contributed by atoms with Crippen LogP contribution in [0.3, 0.4) is 0 Å². The number of nitrogens with zero attached hydrogens (tertiary/aromatic N) is 1. The van der Waals surface area contributed by atoms with E-state index in [9.17, 15) is 9.59 Å². The summed E-state index contributed by atoms with van der Waals surface area (Å²) in [6.07, 6.45) is 1.45. The summed E-state index contributed by atoms with van der Waals surface area (Å²) >= 11 is 11.7. The van der Waals surface area contributed by atoms with Crippen LogP contribution in [0.4, 0.5) is 0 Å². The second kappa shape index (κ2) is 9.17. The van der Waals surface area contributed by atoms with Gasteiger partial charge in [0.05, 0.1) is 11.8 Å². The molecule has 5 nitrogen and oxygen atoms in total. The molecule has 0 atom stereocenters. The number of ether oxygens (including phenoxy) is 1. The van der Waals surface area contributed by atoms with Crippen molar-refractivity contribution in [2.45, 2.75) is 0 Å². The Hall–Kier alpha value is -3.15. The number of esters is 1. The summed E-state index contributed by atoms with van der Waals surface area (Å²) in [4.78, 5) is 24.2. The molecule has 0 unspecified atom stereocenters. The molecule has 1 N–H and O–H groups in total. The number of benzene rings is 3. The van der Waals surface area contributed by atoms with Crippen LogP contribution in [0.25, 0.3) is 0 Å². The number of rotatable bonds is 5. The van der Waals surface area contributed by atoms with E-state index < -0.39 is 5.97 Å². The van der Waals surface area contributed by atoms with Crippen LogP contribution in [-0.4, -0.2) is 18.1 Å². The van der Waals surface area contributed by atoms with E-state index >= 15 is 0 Å². The molecule has 0 aromatic heterocycles. The number of halogens is 2. The van der Waals surface area contributed by atoms with E-state index in [2.05, 4.69) is 10.5 Å². The number of hydrazone groups is 1. The van der Waals surface area contributed by atoms with Gasteiger partial charge in [-0.15, -0.1) is 0 Å². The fraction of sp³-hybridized carbons (Fsp3) is 0. The summed E-state index contributed by atoms with van der Waals surface area (Å²) in [7, 11) is 0. The molecule has 140 valence electrons. The zero-order valence-electron chi connectivity index (χ0n) is 14.4. The third kappa shape index (κ3) is 5.42. The maximum Gasteiger partial charge on any atom is 0.343 e. The van der Waals surface area contributed by atoms with Crippen molar-refractivity contribution in [3.05, 3.63) is 99.5 Å². The summed E-state index contributed by atoms with van der Waals surface area (Å²) in [5.41, 5.74) is 3.85. The normalized spacial score (nSPS) is 10.6. The van der Waals surface area contributed by atoms with Gasteiger partial charge in [0, 0.05) is 15.6 Å². The maximum absolute atomic E-state index is 12.2. The fourth-order valence-electron chi connectivity index (χ4n) is 2.27. The summed E-state index contributed by atoms with van der Waals surface area (Å²) in [6, 6.07) is 19.7. The van der Waals surface area contributed by atoms with Crippen molar-refractivity contribution in [3.63, 3.8) is 0 Å². The van der Waals surface area contributed by atoms with Crippen molar-refractivity contribution >= 4 is 41.3 Å². The standard InChI is InChI=1S/C21H14Cl2N2O3/c22-17-9-7-15(8-10-17)21(27)28-19-6-1-3-14(11-19)13-24-25-20(26)16-4-2-5-18(23)12-16/h1-13H,(H,25,26)/b24-13-. The fourth-order valence-corrected chi connectivity index (χ4v) is 2.59. The van der Waals surface area contributed by atoms with Crippen LogP contribution in [0.15, 0.2) is 77.9 Å². The van der Waals surface area contributed by atoms with Gasteiger partial charge < -0.3 is 4.74 Å². The van der Waals surface area contributed by atoms with Gasteiger partial charge in [-0.3, -0.25) is 4.79 Å². The predicted molar refractivity (Wildman–Crippen MR) is 109 cm³/mol. The second-order valence-electron chi connectivity index (χ2n) is 5.68. The van der Waals surface area contributed by atoms with Crippen molar-refractivity contribution in [2.75, 3.05) is 0 Å². The van der Waals surface area contributed by atoms with E-state index in [1.807, 2.05) is 0 Å². The van der Waals surface area contributed by atoms with Crippen molar-refractivity contribution in [1.29, 1.82) is 0 Å². The molecule has 3 rings (SSSR count). The summed E-state index contributed by atoms with van der Waals surface area (Å²) in [5.74, 6) is -0.533. The lowest BCUT2D eigenvalue weighted by Gasteiger charge is -2.05. The SMILES string of the molecule is O=C(N/N=C\c1cccc(OC(=O)c2ccc(Cl)cc2)c1)c1cccc(Cl)c1. The molecule has 0 heterocycles. The molecule has 0 bridgehead atoms. The zero-order valence-corrected chi connectivity index (χ0v) is 15.9. The number of hydrogen-bond acceptors (Lipinski definition) is 4. The number of nitrogens with one attached hydrogen (secondary N) is 1. The maximum atomic E-state index is 12.2. The van der Waals surface area contributed by atoms with Crippen molar-refractivity contribution in [1.82, 2.24) is 5.43 Å². The molecule has 3 aromatic rings. The lowest BCUT2D eigenvalue weighted by molar-refractivity contribution is 0.0734. The van der Waals surface area contributed by atoms with Crippen molar-refractivity contribution in [2.24, 2.45) is 5.10 Å². The largest absolute Gasteiger partial charge is 0.423 e. The number of carbonyl (C=O) groups is 2. The van der Waals surface area contributed by atoms with Crippen molar-refractivity contribution < 1.29 is 14.3 Å². The Morgan fingerprint density at radius 1 is 0.857 bits per heavy atom. The molecule has 0 aliphatic carbocycles. The van der Waals surface area contributed by atoms with Crippen LogP contribution in [0.2, 0.25) is 10.0 Å². The topological polar surface area (TPSA) is 67.8 Å². The van der Waals surface area contributed by atoms with Gasteiger partial charge in [-0.25, -0.2) is 10.2 Å². The minimum absolute atomic E-state index is 0.352. The second-order valence-corrected chi connectivity index (χ2v) is 6.55. The monoisotopic (exact) mass is 412 g/mol. The molecule has 0 spiro atoms. The van der Waals surface area contributed by atoms with Gasteiger partial charge in [0.25, 0.3) is 5.91 Å². The molecular weight excluding hydrogens is 399 g/mol. The predicted octanol–water partition coefficient (Wildman–Crippen LogP) is 4.98. The Labute approximate surface area is 171 Å². The molecule has 0 saturated heterocycles. The van der Waals surface area contributed by atoms with Crippen molar-refractivity contribution in [3.8, 4) is 5.75 Å². The highest BCUT2D eigenvalue weighted by molar-refractivity contribution is 6.31. The Kier molecular flexibility index (Phi) is 6.42. The molecule has 1 amide bonds. The Balaban J connectivity index is 1.62.